The first kappa shape index (κ1) is 15.0. The van der Waals surface area contributed by atoms with Crippen LogP contribution >= 0.6 is 0 Å². The molecule has 2 saturated heterocycles. The van der Waals surface area contributed by atoms with Gasteiger partial charge in [-0.15, -0.1) is 0 Å². The lowest BCUT2D eigenvalue weighted by Crippen LogP contribution is -2.48. The van der Waals surface area contributed by atoms with E-state index in [1.165, 1.54) is 12.1 Å². The number of rotatable bonds is 3. The molecule has 1 aromatic rings. The number of amides is 1. The average molecular weight is 303 g/mol. The van der Waals surface area contributed by atoms with E-state index in [4.69, 9.17) is 0 Å². The van der Waals surface area contributed by atoms with Gasteiger partial charge in [-0.3, -0.25) is 14.9 Å². The lowest BCUT2D eigenvalue weighted by molar-refractivity contribution is -0.384. The highest BCUT2D eigenvalue weighted by molar-refractivity contribution is 5.79. The molecule has 2 heterocycles. The summed E-state index contributed by atoms with van der Waals surface area (Å²) in [5, 5.41) is 10.8. The van der Waals surface area contributed by atoms with Gasteiger partial charge < -0.3 is 9.80 Å². The van der Waals surface area contributed by atoms with Crippen LogP contribution in [0.1, 0.15) is 18.4 Å². The summed E-state index contributed by atoms with van der Waals surface area (Å²) in [5.41, 5.74) is 0.758. The Labute approximate surface area is 129 Å². The first-order valence-corrected chi connectivity index (χ1v) is 7.76. The maximum atomic E-state index is 12.6. The van der Waals surface area contributed by atoms with Crippen molar-refractivity contribution in [3.63, 3.8) is 0 Å². The van der Waals surface area contributed by atoms with E-state index < -0.39 is 4.92 Å². The van der Waals surface area contributed by atoms with E-state index in [-0.39, 0.29) is 18.0 Å². The van der Waals surface area contributed by atoms with Gasteiger partial charge in [0.1, 0.15) is 0 Å². The maximum Gasteiger partial charge on any atom is 0.269 e. The number of carbonyl (C=O) groups is 1. The van der Waals surface area contributed by atoms with Crippen LogP contribution in [-0.2, 0) is 11.2 Å². The van der Waals surface area contributed by atoms with Gasteiger partial charge in [-0.1, -0.05) is 12.1 Å². The fourth-order valence-electron chi connectivity index (χ4n) is 3.66. The van der Waals surface area contributed by atoms with Crippen LogP contribution in [0.5, 0.6) is 0 Å². The smallest absolute Gasteiger partial charge is 0.269 e. The summed E-state index contributed by atoms with van der Waals surface area (Å²) in [4.78, 5) is 27.3. The normalized spacial score (nSPS) is 25.0. The van der Waals surface area contributed by atoms with Crippen LogP contribution in [0.2, 0.25) is 0 Å². The predicted molar refractivity (Wildman–Crippen MR) is 82.5 cm³/mol. The monoisotopic (exact) mass is 303 g/mol. The number of benzene rings is 1. The van der Waals surface area contributed by atoms with Crippen molar-refractivity contribution in [1.82, 2.24) is 9.80 Å². The number of nitro benzene ring substituents is 1. The van der Waals surface area contributed by atoms with Gasteiger partial charge in [-0.2, -0.15) is 0 Å². The predicted octanol–water partition coefficient (Wildman–Crippen LogP) is 1.69. The van der Waals surface area contributed by atoms with Crippen LogP contribution in [-0.4, -0.2) is 53.4 Å². The quantitative estimate of drug-likeness (QED) is 0.629. The molecule has 6 nitrogen and oxygen atoms in total. The molecule has 0 unspecified atom stereocenters. The number of hydrogen-bond acceptors (Lipinski definition) is 4. The highest BCUT2D eigenvalue weighted by Gasteiger charge is 2.39. The Morgan fingerprint density at radius 1 is 1.36 bits per heavy atom. The number of hydrogen-bond donors (Lipinski definition) is 0. The number of carbonyl (C=O) groups excluding carboxylic acids is 1. The third kappa shape index (κ3) is 2.97. The van der Waals surface area contributed by atoms with Crippen LogP contribution in [0.25, 0.3) is 0 Å². The van der Waals surface area contributed by atoms with Crippen molar-refractivity contribution in [1.29, 1.82) is 0 Å². The topological polar surface area (TPSA) is 66.7 Å². The third-order valence-corrected chi connectivity index (χ3v) is 4.86. The minimum absolute atomic E-state index is 0.0435. The summed E-state index contributed by atoms with van der Waals surface area (Å²) in [6.07, 6.45) is 2.48. The fraction of sp³-hybridized carbons (Fsp3) is 0.562. The van der Waals surface area contributed by atoms with E-state index in [1.807, 2.05) is 4.90 Å². The molecular formula is C16H21N3O3. The molecule has 3 rings (SSSR count). The molecule has 1 aromatic carbocycles. The fourth-order valence-corrected chi connectivity index (χ4v) is 3.66. The Balaban J connectivity index is 1.69. The zero-order valence-electron chi connectivity index (χ0n) is 12.8. The summed E-state index contributed by atoms with van der Waals surface area (Å²) >= 11 is 0. The van der Waals surface area contributed by atoms with E-state index in [0.717, 1.165) is 32.5 Å². The standard InChI is InChI=1S/C16H21N3O3/c1-17-7-5-13-6-8-18(15(13)11-17)16(20)10-12-3-2-4-14(9-12)19(21)22/h2-4,9,13,15H,5-8,10-11H2,1H3/t13-,15-/m0/s1. The van der Waals surface area contributed by atoms with Crippen molar-refractivity contribution in [2.75, 3.05) is 26.7 Å². The second kappa shape index (κ2) is 6.04. The molecule has 0 bridgehead atoms. The zero-order chi connectivity index (χ0) is 15.7. The third-order valence-electron chi connectivity index (χ3n) is 4.86. The van der Waals surface area contributed by atoms with E-state index in [1.54, 1.807) is 12.1 Å². The highest BCUT2D eigenvalue weighted by atomic mass is 16.6. The molecule has 118 valence electrons. The van der Waals surface area contributed by atoms with Gasteiger partial charge in [-0.05, 0) is 37.9 Å². The summed E-state index contributed by atoms with van der Waals surface area (Å²) in [5.74, 6) is 0.702. The second-order valence-electron chi connectivity index (χ2n) is 6.36. The Bertz CT molecular complexity index is 590. The van der Waals surface area contributed by atoms with E-state index >= 15 is 0 Å². The summed E-state index contributed by atoms with van der Waals surface area (Å²) in [7, 11) is 2.09. The molecule has 0 N–H and O–H groups in total. The molecule has 22 heavy (non-hydrogen) atoms. The lowest BCUT2D eigenvalue weighted by atomic mass is 9.92. The number of nitrogens with zero attached hydrogens (tertiary/aromatic N) is 3. The van der Waals surface area contributed by atoms with Gasteiger partial charge >= 0.3 is 0 Å². The molecule has 2 atom stereocenters. The van der Waals surface area contributed by atoms with Crippen molar-refractivity contribution in [2.24, 2.45) is 5.92 Å². The average Bonchev–Trinajstić information content (AvgIpc) is 2.90. The second-order valence-corrected chi connectivity index (χ2v) is 6.36. The largest absolute Gasteiger partial charge is 0.338 e. The molecule has 0 radical (unpaired) electrons. The van der Waals surface area contributed by atoms with Crippen molar-refractivity contribution in [3.8, 4) is 0 Å². The lowest BCUT2D eigenvalue weighted by Gasteiger charge is -2.36. The van der Waals surface area contributed by atoms with Gasteiger partial charge in [0.05, 0.1) is 11.3 Å². The van der Waals surface area contributed by atoms with Crippen LogP contribution < -0.4 is 0 Å². The van der Waals surface area contributed by atoms with Gasteiger partial charge in [0.25, 0.3) is 5.69 Å². The molecule has 2 aliphatic heterocycles. The first-order valence-electron chi connectivity index (χ1n) is 7.76. The molecule has 2 fully saturated rings. The highest BCUT2D eigenvalue weighted by Crippen LogP contribution is 2.31. The van der Waals surface area contributed by atoms with Gasteiger partial charge in [-0.25, -0.2) is 0 Å². The van der Waals surface area contributed by atoms with Gasteiger partial charge in [0.2, 0.25) is 5.91 Å². The first-order chi connectivity index (χ1) is 10.5. The number of likely N-dealkylation sites (N-methyl/N-ethyl adjacent to an activating group) is 1. The van der Waals surface area contributed by atoms with Crippen LogP contribution in [0.15, 0.2) is 24.3 Å². The van der Waals surface area contributed by atoms with Crippen molar-refractivity contribution in [3.05, 3.63) is 39.9 Å². The van der Waals surface area contributed by atoms with Crippen molar-refractivity contribution >= 4 is 11.6 Å². The van der Waals surface area contributed by atoms with Gasteiger partial charge in [0, 0.05) is 31.3 Å². The number of non-ortho nitro benzene ring substituents is 1. The van der Waals surface area contributed by atoms with E-state index in [0.29, 0.717) is 17.5 Å². The Morgan fingerprint density at radius 2 is 2.14 bits per heavy atom. The number of fused-ring (bicyclic) bond motifs is 1. The SMILES string of the molecule is CN1CC[C@H]2CCN(C(=O)Cc3cccc([N+](=O)[O-])c3)[C@H]2C1. The van der Waals surface area contributed by atoms with Crippen LogP contribution in [0.4, 0.5) is 5.69 Å². The maximum absolute atomic E-state index is 12.6. The van der Waals surface area contributed by atoms with Crippen LogP contribution in [0, 0.1) is 16.0 Å². The molecule has 0 spiro atoms. The van der Waals surface area contributed by atoms with Crippen molar-refractivity contribution < 1.29 is 9.72 Å². The number of piperidine rings is 1. The zero-order valence-corrected chi connectivity index (χ0v) is 12.8. The Kier molecular flexibility index (Phi) is 4.11. The molecule has 6 heteroatoms. The molecule has 0 saturated carbocycles. The summed E-state index contributed by atoms with van der Waals surface area (Å²) in [6.45, 7) is 2.86. The molecule has 1 amide bonds. The van der Waals surface area contributed by atoms with Gasteiger partial charge in [0.15, 0.2) is 0 Å². The Morgan fingerprint density at radius 3 is 2.91 bits per heavy atom. The van der Waals surface area contributed by atoms with Crippen molar-refractivity contribution in [2.45, 2.75) is 25.3 Å². The van der Waals surface area contributed by atoms with Crippen LogP contribution in [0.3, 0.4) is 0 Å². The molecule has 0 aliphatic carbocycles. The number of likely N-dealkylation sites (tertiary alicyclic amines) is 2. The summed E-state index contributed by atoms with van der Waals surface area (Å²) < 4.78 is 0. The number of nitro groups is 1. The van der Waals surface area contributed by atoms with E-state index in [2.05, 4.69) is 11.9 Å². The van der Waals surface area contributed by atoms with E-state index in [9.17, 15) is 14.9 Å². The molecular weight excluding hydrogens is 282 g/mol. The summed E-state index contributed by atoms with van der Waals surface area (Å²) in [6, 6.07) is 6.69. The molecule has 0 aromatic heterocycles. The Hall–Kier alpha value is -1.95. The minimum atomic E-state index is -0.421. The molecule has 2 aliphatic rings. The minimum Gasteiger partial charge on any atom is -0.338 e.